The van der Waals surface area contributed by atoms with Gasteiger partial charge in [-0.3, -0.25) is 5.32 Å². The summed E-state index contributed by atoms with van der Waals surface area (Å²) in [6.45, 7) is 1.75. The van der Waals surface area contributed by atoms with E-state index in [9.17, 15) is 4.79 Å². The molecule has 20 heavy (non-hydrogen) atoms. The number of anilines is 2. The van der Waals surface area contributed by atoms with Crippen LogP contribution in [0.25, 0.3) is 10.8 Å². The first kappa shape index (κ1) is 12.8. The molecular weight excluding hydrogens is 296 g/mol. The Kier molecular flexibility index (Phi) is 3.48. The lowest BCUT2D eigenvalue weighted by atomic mass is 10.4. The van der Waals surface area contributed by atoms with Crippen molar-refractivity contribution < 1.29 is 9.32 Å². The highest BCUT2D eigenvalue weighted by Crippen LogP contribution is 2.32. The molecule has 0 spiro atoms. The van der Waals surface area contributed by atoms with E-state index in [0.717, 1.165) is 9.88 Å². The zero-order chi connectivity index (χ0) is 13.9. The van der Waals surface area contributed by atoms with Gasteiger partial charge in [-0.05, 0) is 35.9 Å². The Bertz CT molecular complexity index is 717. The van der Waals surface area contributed by atoms with Crippen molar-refractivity contribution in [1.82, 2.24) is 10.1 Å². The summed E-state index contributed by atoms with van der Waals surface area (Å²) in [5.41, 5.74) is 0.646. The van der Waals surface area contributed by atoms with Crippen LogP contribution in [0, 0.1) is 6.92 Å². The maximum atomic E-state index is 11.9. The number of hydrogen-bond acceptors (Lipinski definition) is 6. The van der Waals surface area contributed by atoms with Gasteiger partial charge in [0.15, 0.2) is 5.82 Å². The minimum absolute atomic E-state index is 0.302. The van der Waals surface area contributed by atoms with Crippen LogP contribution in [0.5, 0.6) is 0 Å². The predicted octanol–water partition coefficient (Wildman–Crippen LogP) is 3.81. The summed E-state index contributed by atoms with van der Waals surface area (Å²) in [6.07, 6.45) is 0. The van der Waals surface area contributed by atoms with E-state index in [0.29, 0.717) is 17.4 Å². The summed E-state index contributed by atoms with van der Waals surface area (Å²) in [6, 6.07) is 5.20. The van der Waals surface area contributed by atoms with Gasteiger partial charge in [-0.25, -0.2) is 4.79 Å². The number of aromatic nitrogens is 2. The van der Waals surface area contributed by atoms with Crippen LogP contribution in [0.2, 0.25) is 0 Å². The van der Waals surface area contributed by atoms with Gasteiger partial charge in [0.1, 0.15) is 4.88 Å². The number of urea groups is 1. The lowest BCUT2D eigenvalue weighted by Gasteiger charge is -2.05. The molecule has 0 aromatic carbocycles. The molecule has 6 nitrogen and oxygen atoms in total. The van der Waals surface area contributed by atoms with E-state index in [2.05, 4.69) is 20.8 Å². The number of nitrogens with zero attached hydrogens (tertiary/aromatic N) is 2. The van der Waals surface area contributed by atoms with Crippen molar-refractivity contribution >= 4 is 39.4 Å². The predicted molar refractivity (Wildman–Crippen MR) is 79.3 cm³/mol. The summed E-state index contributed by atoms with van der Waals surface area (Å²) in [5, 5.41) is 13.8. The van der Waals surface area contributed by atoms with E-state index in [1.54, 1.807) is 13.0 Å². The lowest BCUT2D eigenvalue weighted by Crippen LogP contribution is -2.18. The van der Waals surface area contributed by atoms with Crippen LogP contribution in [-0.2, 0) is 0 Å². The molecule has 0 aliphatic heterocycles. The van der Waals surface area contributed by atoms with Gasteiger partial charge in [0, 0.05) is 0 Å². The fourth-order valence-electron chi connectivity index (χ4n) is 1.58. The third-order valence-electron chi connectivity index (χ3n) is 2.39. The third kappa shape index (κ3) is 2.70. The van der Waals surface area contributed by atoms with Gasteiger partial charge in [0.2, 0.25) is 0 Å². The standard InChI is InChI=1S/C12H10N4O2S2/c1-7-13-11(18-16-7)10-8(4-6-20-10)14-12(17)15-9-3-2-5-19-9/h2-6H,1H3,(H2,14,15,17). The third-order valence-corrected chi connectivity index (χ3v) is 4.08. The summed E-state index contributed by atoms with van der Waals surface area (Å²) >= 11 is 2.89. The van der Waals surface area contributed by atoms with Crippen molar-refractivity contribution in [1.29, 1.82) is 0 Å². The maximum absolute atomic E-state index is 11.9. The average molecular weight is 306 g/mol. The molecule has 0 aliphatic carbocycles. The van der Waals surface area contributed by atoms with Gasteiger partial charge in [0.05, 0.1) is 10.7 Å². The summed E-state index contributed by atoms with van der Waals surface area (Å²) < 4.78 is 5.12. The van der Waals surface area contributed by atoms with Gasteiger partial charge >= 0.3 is 6.03 Å². The second kappa shape index (κ2) is 5.43. The molecule has 2 N–H and O–H groups in total. The highest BCUT2D eigenvalue weighted by molar-refractivity contribution is 7.14. The largest absolute Gasteiger partial charge is 0.333 e. The minimum Gasteiger partial charge on any atom is -0.333 e. The van der Waals surface area contributed by atoms with Crippen LogP contribution < -0.4 is 10.6 Å². The smallest absolute Gasteiger partial charge is 0.324 e. The highest BCUT2D eigenvalue weighted by atomic mass is 32.1. The molecule has 3 aromatic heterocycles. The van der Waals surface area contributed by atoms with Gasteiger partial charge < -0.3 is 9.84 Å². The normalized spacial score (nSPS) is 10.4. The first-order valence-corrected chi connectivity index (χ1v) is 7.48. The molecule has 0 fully saturated rings. The first-order valence-electron chi connectivity index (χ1n) is 5.72. The molecule has 0 radical (unpaired) electrons. The fraction of sp³-hybridized carbons (Fsp3) is 0.0833. The van der Waals surface area contributed by atoms with E-state index >= 15 is 0 Å². The molecule has 0 saturated carbocycles. The number of thiophene rings is 2. The molecule has 0 unspecified atom stereocenters. The lowest BCUT2D eigenvalue weighted by molar-refractivity contribution is 0.262. The second-order valence-corrected chi connectivity index (χ2v) is 5.73. The Morgan fingerprint density at radius 1 is 1.25 bits per heavy atom. The molecule has 0 bridgehead atoms. The van der Waals surface area contributed by atoms with Gasteiger partial charge in [-0.2, -0.15) is 4.98 Å². The highest BCUT2D eigenvalue weighted by Gasteiger charge is 2.15. The Hall–Kier alpha value is -2.19. The molecule has 102 valence electrons. The van der Waals surface area contributed by atoms with E-state index in [4.69, 9.17) is 4.52 Å². The number of hydrogen-bond donors (Lipinski definition) is 2. The molecule has 2 amide bonds. The van der Waals surface area contributed by atoms with Gasteiger partial charge in [0.25, 0.3) is 5.89 Å². The fourth-order valence-corrected chi connectivity index (χ4v) is 2.96. The van der Waals surface area contributed by atoms with Gasteiger partial charge in [-0.1, -0.05) is 5.16 Å². The van der Waals surface area contributed by atoms with Crippen LogP contribution >= 0.6 is 22.7 Å². The van der Waals surface area contributed by atoms with Crippen molar-refractivity contribution in [3.05, 3.63) is 34.8 Å². The van der Waals surface area contributed by atoms with Gasteiger partial charge in [-0.15, -0.1) is 22.7 Å². The van der Waals surface area contributed by atoms with Crippen LogP contribution in [0.4, 0.5) is 15.5 Å². The van der Waals surface area contributed by atoms with Crippen LogP contribution in [0.15, 0.2) is 33.5 Å². The maximum Gasteiger partial charge on any atom is 0.324 e. The monoisotopic (exact) mass is 306 g/mol. The Labute approximate surface area is 122 Å². The summed E-state index contributed by atoms with van der Waals surface area (Å²) in [4.78, 5) is 16.8. The average Bonchev–Trinajstić information content (AvgIpc) is 3.11. The van der Waals surface area contributed by atoms with Crippen molar-refractivity contribution in [2.75, 3.05) is 10.6 Å². The molecule has 3 rings (SSSR count). The second-order valence-electron chi connectivity index (χ2n) is 3.87. The molecule has 8 heteroatoms. The number of amides is 2. The molecule has 3 aromatic rings. The van der Waals surface area contributed by atoms with Crippen molar-refractivity contribution in [3.63, 3.8) is 0 Å². The number of aryl methyl sites for hydroxylation is 1. The number of carbonyl (C=O) groups excluding carboxylic acids is 1. The number of carbonyl (C=O) groups is 1. The van der Waals surface area contributed by atoms with Crippen molar-refractivity contribution in [2.45, 2.75) is 6.92 Å². The van der Waals surface area contributed by atoms with Crippen LogP contribution in [0.1, 0.15) is 5.82 Å². The SMILES string of the molecule is Cc1noc(-c2sccc2NC(=O)Nc2cccs2)n1. The van der Waals surface area contributed by atoms with Crippen molar-refractivity contribution in [3.8, 4) is 10.8 Å². The zero-order valence-corrected chi connectivity index (χ0v) is 12.0. The van der Waals surface area contributed by atoms with E-state index in [-0.39, 0.29) is 6.03 Å². The van der Waals surface area contributed by atoms with Crippen LogP contribution in [-0.4, -0.2) is 16.2 Å². The summed E-state index contributed by atoms with van der Waals surface area (Å²) in [5.74, 6) is 0.964. The molecule has 0 saturated heterocycles. The van der Waals surface area contributed by atoms with Crippen molar-refractivity contribution in [2.24, 2.45) is 0 Å². The molecule has 3 heterocycles. The number of nitrogens with one attached hydrogen (secondary N) is 2. The summed E-state index contributed by atoms with van der Waals surface area (Å²) in [7, 11) is 0. The van der Waals surface area contributed by atoms with E-state index in [1.165, 1.54) is 22.7 Å². The minimum atomic E-state index is -0.302. The molecule has 0 aliphatic rings. The quantitative estimate of drug-likeness (QED) is 0.771. The topological polar surface area (TPSA) is 80.0 Å². The zero-order valence-electron chi connectivity index (χ0n) is 10.4. The Morgan fingerprint density at radius 3 is 2.85 bits per heavy atom. The molecular formula is C12H10N4O2S2. The van der Waals surface area contributed by atoms with E-state index in [1.807, 2.05) is 22.9 Å². The van der Waals surface area contributed by atoms with E-state index < -0.39 is 0 Å². The van der Waals surface area contributed by atoms with Crippen LogP contribution in [0.3, 0.4) is 0 Å². The Balaban J connectivity index is 1.75. The Morgan fingerprint density at radius 2 is 2.15 bits per heavy atom. The first-order chi connectivity index (χ1) is 9.72. The molecule has 0 atom stereocenters. The number of rotatable bonds is 3.